The first kappa shape index (κ1) is 9.92. The Hall–Kier alpha value is -1.62. The van der Waals surface area contributed by atoms with E-state index in [1.807, 2.05) is 0 Å². The molecule has 1 aromatic carbocycles. The van der Waals surface area contributed by atoms with Gasteiger partial charge in [0.15, 0.2) is 5.82 Å². The van der Waals surface area contributed by atoms with Crippen LogP contribution in [0.15, 0.2) is 18.2 Å². The lowest BCUT2D eigenvalue weighted by Crippen LogP contribution is -2.51. The molecule has 0 atom stereocenters. The van der Waals surface area contributed by atoms with E-state index in [4.69, 9.17) is 10.2 Å². The number of carboxylic acids is 1. The van der Waals surface area contributed by atoms with Gasteiger partial charge in [0, 0.05) is 13.1 Å². The number of hydrogen-bond donors (Lipinski definition) is 2. The van der Waals surface area contributed by atoms with Crippen LogP contribution in [0.5, 0.6) is 0 Å². The molecule has 80 valence electrons. The Morgan fingerprint density at radius 1 is 1.47 bits per heavy atom. The molecular formula is C10H10FNO3. The zero-order valence-corrected chi connectivity index (χ0v) is 7.85. The molecule has 1 aliphatic rings. The van der Waals surface area contributed by atoms with Crippen LogP contribution in [-0.2, 0) is 0 Å². The normalized spacial score (nSPS) is 16.3. The third-order valence-electron chi connectivity index (χ3n) is 2.41. The van der Waals surface area contributed by atoms with Crippen LogP contribution in [0.1, 0.15) is 10.4 Å². The maximum atomic E-state index is 13.6. The molecule has 5 heteroatoms. The van der Waals surface area contributed by atoms with Crippen LogP contribution in [-0.4, -0.2) is 35.4 Å². The van der Waals surface area contributed by atoms with Crippen molar-refractivity contribution >= 4 is 11.7 Å². The molecule has 0 aromatic heterocycles. The lowest BCUT2D eigenvalue weighted by Gasteiger charge is -2.38. The SMILES string of the molecule is O=C(O)c1cccc(N2CC(O)C2)c1F. The molecular weight excluding hydrogens is 201 g/mol. The number of hydrogen-bond acceptors (Lipinski definition) is 3. The molecule has 4 nitrogen and oxygen atoms in total. The Labute approximate surface area is 85.6 Å². The van der Waals surface area contributed by atoms with Gasteiger partial charge in [-0.2, -0.15) is 0 Å². The molecule has 0 radical (unpaired) electrons. The van der Waals surface area contributed by atoms with Crippen molar-refractivity contribution in [3.63, 3.8) is 0 Å². The third kappa shape index (κ3) is 1.66. The van der Waals surface area contributed by atoms with Crippen molar-refractivity contribution in [3.05, 3.63) is 29.6 Å². The van der Waals surface area contributed by atoms with Crippen molar-refractivity contribution in [3.8, 4) is 0 Å². The van der Waals surface area contributed by atoms with Crippen molar-refractivity contribution in [1.29, 1.82) is 0 Å². The fourth-order valence-corrected chi connectivity index (χ4v) is 1.58. The standard InChI is InChI=1S/C10H10FNO3/c11-9-7(10(14)15)2-1-3-8(9)12-4-6(13)5-12/h1-3,6,13H,4-5H2,(H,14,15). The predicted octanol–water partition coefficient (Wildman–Crippen LogP) is 0.705. The van der Waals surface area contributed by atoms with Gasteiger partial charge in [-0.15, -0.1) is 0 Å². The van der Waals surface area contributed by atoms with E-state index in [1.165, 1.54) is 18.2 Å². The third-order valence-corrected chi connectivity index (χ3v) is 2.41. The van der Waals surface area contributed by atoms with Gasteiger partial charge in [0.05, 0.1) is 17.4 Å². The lowest BCUT2D eigenvalue weighted by atomic mass is 10.1. The lowest BCUT2D eigenvalue weighted by molar-refractivity contribution is 0.0692. The van der Waals surface area contributed by atoms with Gasteiger partial charge in [-0.25, -0.2) is 9.18 Å². The zero-order chi connectivity index (χ0) is 11.0. The van der Waals surface area contributed by atoms with Crippen molar-refractivity contribution in [1.82, 2.24) is 0 Å². The highest BCUT2D eigenvalue weighted by Gasteiger charge is 2.28. The molecule has 1 aromatic rings. The first-order valence-electron chi connectivity index (χ1n) is 4.54. The number of nitrogens with zero attached hydrogens (tertiary/aromatic N) is 1. The fourth-order valence-electron chi connectivity index (χ4n) is 1.58. The number of carboxylic acid groups (broad SMARTS) is 1. The van der Waals surface area contributed by atoms with Crippen LogP contribution in [0, 0.1) is 5.82 Å². The van der Waals surface area contributed by atoms with Gasteiger partial charge in [0.25, 0.3) is 0 Å². The maximum absolute atomic E-state index is 13.6. The van der Waals surface area contributed by atoms with Crippen molar-refractivity contribution in [2.24, 2.45) is 0 Å². The number of anilines is 1. The van der Waals surface area contributed by atoms with Crippen LogP contribution in [0.25, 0.3) is 0 Å². The minimum Gasteiger partial charge on any atom is -0.478 e. The van der Waals surface area contributed by atoms with Crippen molar-refractivity contribution in [2.45, 2.75) is 6.10 Å². The molecule has 2 N–H and O–H groups in total. The van der Waals surface area contributed by atoms with E-state index in [2.05, 4.69) is 0 Å². The number of aromatic carboxylic acids is 1. The highest BCUT2D eigenvalue weighted by atomic mass is 19.1. The summed E-state index contributed by atoms with van der Waals surface area (Å²) in [6.07, 6.45) is -0.446. The molecule has 1 heterocycles. The van der Waals surface area contributed by atoms with Gasteiger partial charge >= 0.3 is 5.97 Å². The second kappa shape index (κ2) is 3.51. The number of halogens is 1. The Balaban J connectivity index is 2.32. The van der Waals surface area contributed by atoms with Gasteiger partial charge in [0.1, 0.15) is 0 Å². The summed E-state index contributed by atoms with van der Waals surface area (Å²) >= 11 is 0. The summed E-state index contributed by atoms with van der Waals surface area (Å²) in [5.41, 5.74) is -0.103. The van der Waals surface area contributed by atoms with Crippen molar-refractivity contribution in [2.75, 3.05) is 18.0 Å². The first-order valence-corrected chi connectivity index (χ1v) is 4.54. The van der Waals surface area contributed by atoms with E-state index in [0.29, 0.717) is 13.1 Å². The van der Waals surface area contributed by atoms with Crippen LogP contribution < -0.4 is 4.90 Å². The highest BCUT2D eigenvalue weighted by molar-refractivity contribution is 5.89. The minimum atomic E-state index is -1.28. The molecule has 0 saturated carbocycles. The summed E-state index contributed by atoms with van der Waals surface area (Å²) in [6, 6.07) is 4.22. The average molecular weight is 211 g/mol. The van der Waals surface area contributed by atoms with Gasteiger partial charge in [-0.1, -0.05) is 6.07 Å². The summed E-state index contributed by atoms with van der Waals surface area (Å²) in [5.74, 6) is -2.02. The van der Waals surface area contributed by atoms with Gasteiger partial charge in [-0.3, -0.25) is 0 Å². The van der Waals surface area contributed by atoms with Gasteiger partial charge in [-0.05, 0) is 12.1 Å². The maximum Gasteiger partial charge on any atom is 0.338 e. The smallest absolute Gasteiger partial charge is 0.338 e. The van der Waals surface area contributed by atoms with E-state index >= 15 is 0 Å². The minimum absolute atomic E-state index is 0.236. The number of carbonyl (C=O) groups is 1. The second-order valence-corrected chi connectivity index (χ2v) is 3.50. The van der Waals surface area contributed by atoms with E-state index in [1.54, 1.807) is 4.90 Å². The van der Waals surface area contributed by atoms with Crippen LogP contribution in [0.4, 0.5) is 10.1 Å². The summed E-state index contributed by atoms with van der Waals surface area (Å²) in [7, 11) is 0. The Kier molecular flexibility index (Phi) is 2.32. The first-order chi connectivity index (χ1) is 7.09. The number of aliphatic hydroxyl groups excluding tert-OH is 1. The summed E-state index contributed by atoms with van der Waals surface area (Å²) in [5, 5.41) is 17.8. The molecule has 1 fully saturated rings. The van der Waals surface area contributed by atoms with Crippen LogP contribution in [0.2, 0.25) is 0 Å². The number of benzene rings is 1. The Bertz CT molecular complexity index is 402. The summed E-state index contributed by atoms with van der Waals surface area (Å²) in [4.78, 5) is 12.3. The van der Waals surface area contributed by atoms with E-state index in [9.17, 15) is 9.18 Å². The molecule has 15 heavy (non-hydrogen) atoms. The van der Waals surface area contributed by atoms with E-state index in [-0.39, 0.29) is 11.3 Å². The Morgan fingerprint density at radius 3 is 2.67 bits per heavy atom. The monoisotopic (exact) mass is 211 g/mol. The predicted molar refractivity (Wildman–Crippen MR) is 51.6 cm³/mol. The van der Waals surface area contributed by atoms with Crippen molar-refractivity contribution < 1.29 is 19.4 Å². The van der Waals surface area contributed by atoms with Gasteiger partial charge in [0.2, 0.25) is 0 Å². The highest BCUT2D eigenvalue weighted by Crippen LogP contribution is 2.26. The van der Waals surface area contributed by atoms with E-state index in [0.717, 1.165) is 0 Å². The second-order valence-electron chi connectivity index (χ2n) is 3.50. The molecule has 0 unspecified atom stereocenters. The molecule has 1 aliphatic heterocycles. The molecule has 0 aliphatic carbocycles. The van der Waals surface area contributed by atoms with E-state index < -0.39 is 17.9 Å². The molecule has 1 saturated heterocycles. The number of β-amino-alcohol motifs (C(OH)–C–C–N with tert-alkyl or cyclic N) is 1. The van der Waals surface area contributed by atoms with Crippen LogP contribution in [0.3, 0.4) is 0 Å². The number of aliphatic hydroxyl groups is 1. The molecule has 2 rings (SSSR count). The summed E-state index contributed by atoms with van der Waals surface area (Å²) < 4.78 is 13.6. The Morgan fingerprint density at radius 2 is 2.13 bits per heavy atom. The largest absolute Gasteiger partial charge is 0.478 e. The zero-order valence-electron chi connectivity index (χ0n) is 7.85. The average Bonchev–Trinajstić information content (AvgIpc) is 2.13. The van der Waals surface area contributed by atoms with Gasteiger partial charge < -0.3 is 15.1 Å². The molecule has 0 spiro atoms. The molecule has 0 amide bonds. The quantitative estimate of drug-likeness (QED) is 0.756. The topological polar surface area (TPSA) is 60.8 Å². The number of rotatable bonds is 2. The summed E-state index contributed by atoms with van der Waals surface area (Å²) in [6.45, 7) is 0.694. The molecule has 0 bridgehead atoms. The fraction of sp³-hybridized carbons (Fsp3) is 0.300. The van der Waals surface area contributed by atoms with Crippen LogP contribution >= 0.6 is 0 Å².